The lowest BCUT2D eigenvalue weighted by Gasteiger charge is -2.55. The summed E-state index contributed by atoms with van der Waals surface area (Å²) >= 11 is 4.58. The zero-order chi connectivity index (χ0) is 22.0. The minimum atomic E-state index is -7.25. The molecule has 15 heteroatoms. The molecule has 2 rings (SSSR count). The third-order valence-corrected chi connectivity index (χ3v) is 4.90. The van der Waals surface area contributed by atoms with Gasteiger partial charge in [-0.25, -0.2) is 4.57 Å². The molecule has 3 nitrogen and oxygen atoms in total. The van der Waals surface area contributed by atoms with E-state index in [1.165, 1.54) is 6.07 Å². The molecule has 1 N–H and O–H groups in total. The van der Waals surface area contributed by atoms with Gasteiger partial charge in [0.15, 0.2) is 0 Å². The van der Waals surface area contributed by atoms with Gasteiger partial charge < -0.3 is 4.89 Å². The molecular weight excluding hydrogens is 461 g/mol. The van der Waals surface area contributed by atoms with E-state index in [-0.39, 0.29) is 0 Å². The van der Waals surface area contributed by atoms with E-state index in [1.54, 1.807) is 0 Å². The lowest BCUT2D eigenvalue weighted by Crippen LogP contribution is -2.85. The third kappa shape index (κ3) is 2.77. The van der Waals surface area contributed by atoms with Crippen molar-refractivity contribution in [3.63, 3.8) is 0 Å². The van der Waals surface area contributed by atoms with E-state index >= 15 is 0 Å². The molecule has 1 unspecified atom stereocenters. The number of alkyl halides is 10. The molecule has 1 atom stereocenters. The topological polar surface area (TPSA) is 46.5 Å². The highest BCUT2D eigenvalue weighted by Crippen LogP contribution is 2.72. The minimum Gasteiger partial charge on any atom is -0.313 e. The maximum atomic E-state index is 14.4. The van der Waals surface area contributed by atoms with Crippen LogP contribution >= 0.6 is 18.2 Å². The second-order valence-electron chi connectivity index (χ2n) is 5.90. The summed E-state index contributed by atoms with van der Waals surface area (Å²) in [6.07, 6.45) is -2.29. The summed E-state index contributed by atoms with van der Waals surface area (Å²) in [5, 5.41) is 0. The van der Waals surface area contributed by atoms with Crippen molar-refractivity contribution in [1.82, 2.24) is 0 Å². The quantitative estimate of drug-likeness (QED) is 0.468. The zero-order valence-corrected chi connectivity index (χ0v) is 14.6. The van der Waals surface area contributed by atoms with E-state index in [0.717, 1.165) is 12.1 Å². The van der Waals surface area contributed by atoms with Crippen LogP contribution in [-0.2, 0) is 15.5 Å². The minimum absolute atomic E-state index is 0.705. The van der Waals surface area contributed by atoms with Crippen molar-refractivity contribution in [2.24, 2.45) is 0 Å². The first-order chi connectivity index (χ1) is 12.3. The first-order valence-corrected chi connectivity index (χ1v) is 9.43. The van der Waals surface area contributed by atoms with Crippen molar-refractivity contribution < 1.29 is 57.9 Å². The van der Waals surface area contributed by atoms with E-state index in [2.05, 4.69) is 15.8 Å². The highest BCUT2D eigenvalue weighted by molar-refractivity contribution is 7.80. The molecule has 0 saturated heterocycles. The second-order valence-corrected chi connectivity index (χ2v) is 8.27. The largest absolute Gasteiger partial charge is 0.422 e. The molecule has 28 heavy (non-hydrogen) atoms. The summed E-state index contributed by atoms with van der Waals surface area (Å²) < 4.78 is 154. The van der Waals surface area contributed by atoms with Gasteiger partial charge in [0, 0.05) is 17.7 Å². The van der Waals surface area contributed by atoms with E-state index in [4.69, 9.17) is 4.89 Å². The fourth-order valence-corrected chi connectivity index (χ4v) is 3.77. The van der Waals surface area contributed by atoms with E-state index in [1.807, 2.05) is 0 Å². The van der Waals surface area contributed by atoms with Gasteiger partial charge in [0.1, 0.15) is 0 Å². The van der Waals surface area contributed by atoms with Gasteiger partial charge in [-0.3, -0.25) is 4.52 Å². The van der Waals surface area contributed by atoms with Crippen LogP contribution in [0.15, 0.2) is 30.3 Å². The summed E-state index contributed by atoms with van der Waals surface area (Å²) in [4.78, 5) is 8.90. The maximum Gasteiger partial charge on any atom is 0.422 e. The van der Waals surface area contributed by atoms with Crippen molar-refractivity contribution in [3.8, 4) is 0 Å². The lowest BCUT2D eigenvalue weighted by atomic mass is 9.68. The number of hydrogen-bond donors (Lipinski definition) is 1. The van der Waals surface area contributed by atoms with Gasteiger partial charge in [-0.15, -0.1) is 0 Å². The summed E-state index contributed by atoms with van der Waals surface area (Å²) in [5.74, 6) is -35.0. The van der Waals surface area contributed by atoms with Crippen LogP contribution in [0.25, 0.3) is 0 Å². The Balaban J connectivity index is 2.92. The summed E-state index contributed by atoms with van der Waals surface area (Å²) in [6.45, 7) is -6.15. The predicted octanol–water partition coefficient (Wildman–Crippen LogP) is 5.51. The molecule has 0 aliphatic heterocycles. The maximum absolute atomic E-state index is 14.4. The Bertz CT molecular complexity index is 765. The smallest absolute Gasteiger partial charge is 0.313 e. The Hall–Kier alpha value is -1.04. The van der Waals surface area contributed by atoms with Gasteiger partial charge in [-0.05, 0) is 5.56 Å². The predicted molar refractivity (Wildman–Crippen MR) is 74.4 cm³/mol. The van der Waals surface area contributed by atoms with Crippen LogP contribution in [0.2, 0.25) is 0 Å². The van der Waals surface area contributed by atoms with E-state index in [0.29, 0.717) is 12.1 Å². The molecule has 0 heterocycles. The molecule has 0 radical (unpaired) electrons. The Labute approximate surface area is 154 Å². The molecule has 0 bridgehead atoms. The number of hydrogen-bond acceptors (Lipinski definition) is 2. The third-order valence-electron chi connectivity index (χ3n) is 4.16. The first kappa shape index (κ1) is 23.2. The van der Waals surface area contributed by atoms with Gasteiger partial charge in [-0.1, -0.05) is 30.3 Å². The average Bonchev–Trinajstić information content (AvgIpc) is 2.52. The molecule has 1 saturated carbocycles. The Morgan fingerprint density at radius 2 is 1.14 bits per heavy atom. The van der Waals surface area contributed by atoms with Crippen molar-refractivity contribution in [2.75, 3.05) is 0 Å². The summed E-state index contributed by atoms with van der Waals surface area (Å²) in [6, 6.07) is 4.55. The monoisotopic (exact) mass is 468 g/mol. The Morgan fingerprint density at radius 1 is 0.786 bits per heavy atom. The molecule has 0 amide bonds. The zero-order valence-electron chi connectivity index (χ0n) is 13.0. The number of rotatable bonds is 4. The molecule has 0 spiro atoms. The van der Waals surface area contributed by atoms with Crippen molar-refractivity contribution in [1.29, 1.82) is 0 Å². The first-order valence-electron chi connectivity index (χ1n) is 6.95. The SMILES string of the molecule is O=P(O)(Cl)OC1(Cc2ccccc2)C(F)(F)C(F)(F)C(F)(F)C(F)(F)C1(F)F. The number of benzene rings is 1. The van der Waals surface area contributed by atoms with Crippen molar-refractivity contribution in [3.05, 3.63) is 35.9 Å². The van der Waals surface area contributed by atoms with Crippen molar-refractivity contribution >= 4 is 18.2 Å². The summed E-state index contributed by atoms with van der Waals surface area (Å²) in [7, 11) is 0. The molecule has 1 aromatic rings. The van der Waals surface area contributed by atoms with Crippen LogP contribution in [0.3, 0.4) is 0 Å². The van der Waals surface area contributed by atoms with Gasteiger partial charge in [0.25, 0.3) is 0 Å². The normalized spacial score (nSPS) is 28.3. The van der Waals surface area contributed by atoms with Crippen LogP contribution in [0.5, 0.6) is 0 Å². The molecule has 1 aliphatic carbocycles. The van der Waals surface area contributed by atoms with Crippen LogP contribution < -0.4 is 0 Å². The van der Waals surface area contributed by atoms with Crippen LogP contribution in [0, 0.1) is 0 Å². The standard InChI is InChI=1S/C13H8ClF10O3P/c14-28(25,26)27-8(6-7-4-2-1-3-5-7)9(15,16)11(19,20)13(23,24)12(21,22)10(8,17)18/h1-5H,6H2,(H,25,26). The van der Waals surface area contributed by atoms with Crippen LogP contribution in [0.1, 0.15) is 5.56 Å². The highest BCUT2D eigenvalue weighted by Gasteiger charge is 3.01. The van der Waals surface area contributed by atoms with E-state index in [9.17, 15) is 48.5 Å². The van der Waals surface area contributed by atoms with Gasteiger partial charge in [-0.2, -0.15) is 43.9 Å². The molecule has 0 aromatic heterocycles. The molecule has 1 aromatic carbocycles. The fraction of sp³-hybridized carbons (Fsp3) is 0.538. The van der Waals surface area contributed by atoms with E-state index < -0.39 is 54.1 Å². The number of halogens is 11. The highest BCUT2D eigenvalue weighted by atomic mass is 35.7. The Kier molecular flexibility index (Phi) is 5.17. The van der Waals surface area contributed by atoms with Gasteiger partial charge in [0.2, 0.25) is 5.60 Å². The fourth-order valence-electron chi connectivity index (χ4n) is 2.74. The average molecular weight is 469 g/mol. The Morgan fingerprint density at radius 3 is 1.50 bits per heavy atom. The molecule has 1 aliphatic rings. The molecule has 1 fully saturated rings. The van der Waals surface area contributed by atoms with Crippen LogP contribution in [0.4, 0.5) is 43.9 Å². The molecular formula is C13H8ClF10O3P. The van der Waals surface area contributed by atoms with Crippen LogP contribution in [-0.4, -0.2) is 40.1 Å². The second kappa shape index (κ2) is 6.23. The van der Waals surface area contributed by atoms with Gasteiger partial charge >= 0.3 is 36.6 Å². The molecule has 160 valence electrons. The lowest BCUT2D eigenvalue weighted by molar-refractivity contribution is -0.491. The van der Waals surface area contributed by atoms with Crippen molar-refractivity contribution in [2.45, 2.75) is 41.6 Å². The van der Waals surface area contributed by atoms with Gasteiger partial charge in [0.05, 0.1) is 0 Å². The summed E-state index contributed by atoms with van der Waals surface area (Å²) in [5.41, 5.74) is -6.41.